The molecule has 0 radical (unpaired) electrons. The number of pyridine rings is 1. The number of hydrogen-bond donors (Lipinski definition) is 1. The average molecular weight is 211 g/mol. The van der Waals surface area contributed by atoms with E-state index in [0.29, 0.717) is 28.2 Å². The molecule has 0 aliphatic rings. The van der Waals surface area contributed by atoms with Gasteiger partial charge in [0.25, 0.3) is 0 Å². The summed E-state index contributed by atoms with van der Waals surface area (Å²) in [7, 11) is 0. The van der Waals surface area contributed by atoms with Gasteiger partial charge in [0.1, 0.15) is 23.5 Å². The second kappa shape index (κ2) is 3.17. The summed E-state index contributed by atoms with van der Waals surface area (Å²) in [4.78, 5) is 15.3. The minimum Gasteiger partial charge on any atom is -0.451 e. The number of nitriles is 1. The Labute approximate surface area is 89.6 Å². The quantitative estimate of drug-likeness (QED) is 0.658. The van der Waals surface area contributed by atoms with Crippen LogP contribution in [0.25, 0.3) is 22.7 Å². The van der Waals surface area contributed by atoms with Crippen molar-refractivity contribution in [1.82, 2.24) is 19.9 Å². The number of imidazole rings is 1. The van der Waals surface area contributed by atoms with Crippen molar-refractivity contribution in [3.05, 3.63) is 30.5 Å². The number of nitrogens with zero attached hydrogens (tertiary/aromatic N) is 4. The van der Waals surface area contributed by atoms with E-state index in [4.69, 9.17) is 9.68 Å². The third kappa shape index (κ3) is 1.15. The van der Waals surface area contributed by atoms with E-state index in [1.54, 1.807) is 12.3 Å². The lowest BCUT2D eigenvalue weighted by molar-refractivity contribution is 0.558. The van der Waals surface area contributed by atoms with Crippen molar-refractivity contribution in [3.8, 4) is 17.6 Å². The molecule has 0 atom stereocenters. The molecule has 0 aromatic carbocycles. The summed E-state index contributed by atoms with van der Waals surface area (Å²) in [6.45, 7) is 0. The van der Waals surface area contributed by atoms with Crippen LogP contribution in [0.3, 0.4) is 0 Å². The summed E-state index contributed by atoms with van der Waals surface area (Å²) in [6.07, 6.45) is 4.35. The lowest BCUT2D eigenvalue weighted by Crippen LogP contribution is -1.80. The maximum atomic E-state index is 8.92. The first kappa shape index (κ1) is 8.61. The molecule has 3 rings (SSSR count). The minimum absolute atomic E-state index is 0.497. The summed E-state index contributed by atoms with van der Waals surface area (Å²) < 4.78 is 4.86. The van der Waals surface area contributed by atoms with Crippen LogP contribution in [0.1, 0.15) is 5.56 Å². The predicted molar refractivity (Wildman–Crippen MR) is 54.1 cm³/mol. The van der Waals surface area contributed by atoms with Crippen molar-refractivity contribution in [3.63, 3.8) is 0 Å². The Kier molecular flexibility index (Phi) is 1.71. The van der Waals surface area contributed by atoms with Crippen molar-refractivity contribution in [1.29, 1.82) is 5.26 Å². The Morgan fingerprint density at radius 2 is 2.31 bits per heavy atom. The zero-order valence-electron chi connectivity index (χ0n) is 8.01. The average Bonchev–Trinajstić information content (AvgIpc) is 2.96. The van der Waals surface area contributed by atoms with Crippen molar-refractivity contribution >= 4 is 11.2 Å². The number of rotatable bonds is 1. The second-order valence-electron chi connectivity index (χ2n) is 3.13. The number of aromatic amines is 1. The number of H-pyrrole nitrogens is 1. The Morgan fingerprint density at radius 3 is 3.06 bits per heavy atom. The van der Waals surface area contributed by atoms with Crippen LogP contribution in [0.4, 0.5) is 0 Å². The van der Waals surface area contributed by atoms with Crippen LogP contribution in [0, 0.1) is 11.3 Å². The normalized spacial score (nSPS) is 10.4. The SMILES string of the molecule is N#Cc1ccnc2nc(-c3cocn3)[nH]c12. The molecule has 0 saturated carbocycles. The summed E-state index contributed by atoms with van der Waals surface area (Å²) in [5, 5.41) is 8.92. The van der Waals surface area contributed by atoms with Gasteiger partial charge in [-0.2, -0.15) is 5.26 Å². The summed E-state index contributed by atoms with van der Waals surface area (Å²) in [5.41, 5.74) is 2.20. The maximum absolute atomic E-state index is 8.92. The molecule has 0 aliphatic heterocycles. The molecule has 6 nitrogen and oxygen atoms in total. The van der Waals surface area contributed by atoms with Gasteiger partial charge in [0.2, 0.25) is 0 Å². The predicted octanol–water partition coefficient (Wildman–Crippen LogP) is 1.48. The number of nitrogens with one attached hydrogen (secondary N) is 1. The van der Waals surface area contributed by atoms with E-state index in [2.05, 4.69) is 26.0 Å². The number of hydrogen-bond acceptors (Lipinski definition) is 5. The summed E-state index contributed by atoms with van der Waals surface area (Å²) in [5.74, 6) is 0.541. The molecule has 0 amide bonds. The third-order valence-electron chi connectivity index (χ3n) is 2.19. The van der Waals surface area contributed by atoms with Gasteiger partial charge in [-0.05, 0) is 6.07 Å². The van der Waals surface area contributed by atoms with Gasteiger partial charge in [-0.25, -0.2) is 15.0 Å². The van der Waals surface area contributed by atoms with E-state index in [-0.39, 0.29) is 0 Å². The third-order valence-corrected chi connectivity index (χ3v) is 2.19. The van der Waals surface area contributed by atoms with E-state index in [1.165, 1.54) is 12.7 Å². The van der Waals surface area contributed by atoms with Crippen molar-refractivity contribution in [2.45, 2.75) is 0 Å². The second-order valence-corrected chi connectivity index (χ2v) is 3.13. The van der Waals surface area contributed by atoms with E-state index in [1.807, 2.05) is 0 Å². The summed E-state index contributed by atoms with van der Waals surface area (Å²) in [6, 6.07) is 3.71. The van der Waals surface area contributed by atoms with Gasteiger partial charge >= 0.3 is 0 Å². The van der Waals surface area contributed by atoms with Crippen LogP contribution in [-0.4, -0.2) is 19.9 Å². The van der Waals surface area contributed by atoms with Gasteiger partial charge in [0.05, 0.1) is 5.56 Å². The number of oxazole rings is 1. The molecule has 0 fully saturated rings. The minimum atomic E-state index is 0.497. The smallest absolute Gasteiger partial charge is 0.181 e. The Morgan fingerprint density at radius 1 is 1.38 bits per heavy atom. The van der Waals surface area contributed by atoms with Gasteiger partial charge < -0.3 is 9.40 Å². The molecule has 6 heteroatoms. The van der Waals surface area contributed by atoms with E-state index in [0.717, 1.165) is 0 Å². The first-order valence-corrected chi connectivity index (χ1v) is 4.52. The zero-order valence-corrected chi connectivity index (χ0v) is 8.01. The highest BCUT2D eigenvalue weighted by Crippen LogP contribution is 2.19. The van der Waals surface area contributed by atoms with Crippen LogP contribution in [0.15, 0.2) is 29.3 Å². The molecular weight excluding hydrogens is 206 g/mol. The van der Waals surface area contributed by atoms with Crippen molar-refractivity contribution in [2.75, 3.05) is 0 Å². The molecule has 0 aliphatic carbocycles. The molecule has 1 N–H and O–H groups in total. The largest absolute Gasteiger partial charge is 0.451 e. The lowest BCUT2D eigenvalue weighted by Gasteiger charge is -1.88. The zero-order chi connectivity index (χ0) is 11.0. The number of aromatic nitrogens is 4. The fourth-order valence-corrected chi connectivity index (χ4v) is 1.45. The van der Waals surface area contributed by atoms with Gasteiger partial charge in [0, 0.05) is 6.20 Å². The van der Waals surface area contributed by atoms with Gasteiger partial charge in [-0.3, -0.25) is 0 Å². The molecular formula is C10H5N5O. The highest BCUT2D eigenvalue weighted by atomic mass is 16.3. The first-order valence-electron chi connectivity index (χ1n) is 4.52. The Balaban J connectivity index is 2.28. The van der Waals surface area contributed by atoms with Crippen molar-refractivity contribution < 1.29 is 4.42 Å². The molecule has 0 unspecified atom stereocenters. The molecule has 0 bridgehead atoms. The van der Waals surface area contributed by atoms with Crippen LogP contribution in [0.5, 0.6) is 0 Å². The van der Waals surface area contributed by atoms with Crippen molar-refractivity contribution in [2.24, 2.45) is 0 Å². The number of fused-ring (bicyclic) bond motifs is 1. The highest BCUT2D eigenvalue weighted by molar-refractivity contribution is 5.80. The lowest BCUT2D eigenvalue weighted by atomic mass is 10.3. The van der Waals surface area contributed by atoms with Gasteiger partial charge in [-0.15, -0.1) is 0 Å². The Bertz CT molecular complexity index is 677. The standard InChI is InChI=1S/C10H5N5O/c11-3-6-1-2-12-10-8(6)14-9(15-10)7-4-16-5-13-7/h1-2,4-5H,(H,12,14,15). The molecule has 16 heavy (non-hydrogen) atoms. The van der Waals surface area contributed by atoms with Gasteiger partial charge in [0.15, 0.2) is 17.9 Å². The fraction of sp³-hybridized carbons (Fsp3) is 0. The van der Waals surface area contributed by atoms with Crippen LogP contribution < -0.4 is 0 Å². The van der Waals surface area contributed by atoms with Crippen LogP contribution >= 0.6 is 0 Å². The fourth-order valence-electron chi connectivity index (χ4n) is 1.45. The topological polar surface area (TPSA) is 91.4 Å². The maximum Gasteiger partial charge on any atom is 0.181 e. The molecule has 76 valence electrons. The first-order chi connectivity index (χ1) is 7.88. The molecule has 3 heterocycles. The molecule has 3 aromatic heterocycles. The highest BCUT2D eigenvalue weighted by Gasteiger charge is 2.10. The van der Waals surface area contributed by atoms with Crippen LogP contribution in [-0.2, 0) is 0 Å². The molecule has 3 aromatic rings. The van der Waals surface area contributed by atoms with E-state index in [9.17, 15) is 0 Å². The molecule has 0 saturated heterocycles. The van der Waals surface area contributed by atoms with E-state index >= 15 is 0 Å². The van der Waals surface area contributed by atoms with E-state index < -0.39 is 0 Å². The summed E-state index contributed by atoms with van der Waals surface area (Å²) >= 11 is 0. The van der Waals surface area contributed by atoms with Gasteiger partial charge in [-0.1, -0.05) is 0 Å². The Hall–Kier alpha value is -2.68. The molecule has 0 spiro atoms. The monoisotopic (exact) mass is 211 g/mol. The van der Waals surface area contributed by atoms with Crippen LogP contribution in [0.2, 0.25) is 0 Å².